The molecule has 1 heterocycles. The zero-order valence-electron chi connectivity index (χ0n) is 15.2. The van der Waals surface area contributed by atoms with Crippen LogP contribution < -0.4 is 19.9 Å². The first-order valence-electron chi connectivity index (χ1n) is 8.87. The molecule has 2 aromatic carbocycles. The van der Waals surface area contributed by atoms with Crippen LogP contribution in [0.25, 0.3) is 0 Å². The average Bonchev–Trinajstić information content (AvgIpc) is 2.68. The van der Waals surface area contributed by atoms with Gasteiger partial charge in [-0.15, -0.1) is 0 Å². The molecule has 1 atom stereocenters. The number of hydrogen-bond acceptors (Lipinski definition) is 3. The normalized spacial score (nSPS) is 16.2. The van der Waals surface area contributed by atoms with Gasteiger partial charge in [0.15, 0.2) is 6.04 Å². The molecule has 1 fully saturated rings. The Kier molecular flexibility index (Phi) is 5.73. The summed E-state index contributed by atoms with van der Waals surface area (Å²) in [6.45, 7) is 5.35. The van der Waals surface area contributed by atoms with Gasteiger partial charge in [0.1, 0.15) is 11.6 Å². The van der Waals surface area contributed by atoms with Crippen LogP contribution in [0.2, 0.25) is 0 Å². The molecule has 1 saturated heterocycles. The Hall–Kier alpha value is -2.60. The molecule has 3 rings (SSSR count). The number of anilines is 2. The molecule has 0 aliphatic carbocycles. The highest BCUT2D eigenvalue weighted by Crippen LogP contribution is 2.23. The van der Waals surface area contributed by atoms with Gasteiger partial charge in [0, 0.05) is 5.69 Å². The van der Waals surface area contributed by atoms with E-state index >= 15 is 0 Å². The molecule has 26 heavy (non-hydrogen) atoms. The number of amides is 1. The topological polar surface area (TPSA) is 46.0 Å². The van der Waals surface area contributed by atoms with Gasteiger partial charge in [-0.2, -0.15) is 0 Å². The van der Waals surface area contributed by atoms with Crippen LogP contribution in [0.3, 0.4) is 0 Å². The molecule has 138 valence electrons. The number of carbonyl (C=O) groups excluding carboxylic acids is 1. The summed E-state index contributed by atoms with van der Waals surface area (Å²) in [7, 11) is 1.59. The molecular formula is C20H25FN3O2+. The van der Waals surface area contributed by atoms with Gasteiger partial charge in [-0.05, 0) is 43.3 Å². The number of quaternary nitrogens is 1. The lowest BCUT2D eigenvalue weighted by atomic mass is 10.2. The molecule has 0 spiro atoms. The van der Waals surface area contributed by atoms with Gasteiger partial charge in [0.2, 0.25) is 0 Å². The van der Waals surface area contributed by atoms with E-state index < -0.39 is 0 Å². The molecule has 5 nitrogen and oxygen atoms in total. The van der Waals surface area contributed by atoms with E-state index in [0.717, 1.165) is 31.9 Å². The van der Waals surface area contributed by atoms with E-state index in [0.29, 0.717) is 11.4 Å². The SMILES string of the molecule is COc1ccccc1NC(=O)[C@H](C)[NH+]1CCN(c2ccc(F)cc2)CC1. The Morgan fingerprint density at radius 2 is 1.81 bits per heavy atom. The van der Waals surface area contributed by atoms with Crippen molar-refractivity contribution in [2.24, 2.45) is 0 Å². The Bertz CT molecular complexity index is 743. The van der Waals surface area contributed by atoms with Crippen molar-refractivity contribution in [1.82, 2.24) is 0 Å². The zero-order valence-corrected chi connectivity index (χ0v) is 15.2. The number of methoxy groups -OCH3 is 1. The van der Waals surface area contributed by atoms with Crippen LogP contribution in [-0.4, -0.2) is 45.2 Å². The van der Waals surface area contributed by atoms with Crippen molar-refractivity contribution in [2.45, 2.75) is 13.0 Å². The molecule has 1 aliphatic heterocycles. The molecule has 6 heteroatoms. The van der Waals surface area contributed by atoms with Crippen molar-refractivity contribution >= 4 is 17.3 Å². The second-order valence-electron chi connectivity index (χ2n) is 6.53. The summed E-state index contributed by atoms with van der Waals surface area (Å²) in [5.74, 6) is 0.420. The van der Waals surface area contributed by atoms with Gasteiger partial charge in [-0.25, -0.2) is 4.39 Å². The number of para-hydroxylation sites is 2. The number of benzene rings is 2. The lowest BCUT2D eigenvalue weighted by molar-refractivity contribution is -0.914. The standard InChI is InChI=1S/C20H24FN3O2/c1-15(20(25)22-18-5-3-4-6-19(18)26-2)23-11-13-24(14-12-23)17-9-7-16(21)8-10-17/h3-10,15H,11-14H2,1-2H3,(H,22,25)/p+1/t15-/m0/s1. The Morgan fingerprint density at radius 3 is 2.46 bits per heavy atom. The number of halogens is 1. The predicted octanol–water partition coefficient (Wildman–Crippen LogP) is 1.57. The monoisotopic (exact) mass is 358 g/mol. The van der Waals surface area contributed by atoms with Gasteiger partial charge in [-0.1, -0.05) is 12.1 Å². The van der Waals surface area contributed by atoms with Crippen molar-refractivity contribution in [3.8, 4) is 5.75 Å². The van der Waals surface area contributed by atoms with Gasteiger partial charge in [0.25, 0.3) is 5.91 Å². The second kappa shape index (κ2) is 8.19. The summed E-state index contributed by atoms with van der Waals surface area (Å²) in [6, 6.07) is 13.8. The fourth-order valence-electron chi connectivity index (χ4n) is 3.31. The number of hydrogen-bond donors (Lipinski definition) is 2. The van der Waals surface area contributed by atoms with Crippen molar-refractivity contribution in [3.63, 3.8) is 0 Å². The summed E-state index contributed by atoms with van der Waals surface area (Å²) in [5.41, 5.74) is 1.72. The van der Waals surface area contributed by atoms with Crippen LogP contribution >= 0.6 is 0 Å². The molecule has 1 amide bonds. The Morgan fingerprint density at radius 1 is 1.15 bits per heavy atom. The fraction of sp³-hybridized carbons (Fsp3) is 0.350. The smallest absolute Gasteiger partial charge is 0.282 e. The third-order valence-electron chi connectivity index (χ3n) is 4.97. The Balaban J connectivity index is 1.56. The molecule has 2 aromatic rings. The third kappa shape index (κ3) is 4.14. The molecular weight excluding hydrogens is 333 g/mol. The molecule has 1 aliphatic rings. The highest BCUT2D eigenvalue weighted by molar-refractivity contribution is 5.94. The minimum atomic E-state index is -0.223. The van der Waals surface area contributed by atoms with Crippen LogP contribution in [0, 0.1) is 5.82 Å². The first kappa shape index (κ1) is 18.2. The summed E-state index contributed by atoms with van der Waals surface area (Å²) in [5, 5.41) is 2.97. The number of nitrogens with zero attached hydrogens (tertiary/aromatic N) is 1. The van der Waals surface area contributed by atoms with Crippen molar-refractivity contribution in [3.05, 3.63) is 54.3 Å². The number of piperazine rings is 1. The predicted molar refractivity (Wildman–Crippen MR) is 100 cm³/mol. The summed E-state index contributed by atoms with van der Waals surface area (Å²) in [6.07, 6.45) is 0. The molecule has 2 N–H and O–H groups in total. The lowest BCUT2D eigenvalue weighted by Gasteiger charge is -2.36. The fourth-order valence-corrected chi connectivity index (χ4v) is 3.31. The summed E-state index contributed by atoms with van der Waals surface area (Å²) >= 11 is 0. The minimum Gasteiger partial charge on any atom is -0.495 e. The first-order chi connectivity index (χ1) is 12.6. The largest absolute Gasteiger partial charge is 0.495 e. The second-order valence-corrected chi connectivity index (χ2v) is 6.53. The summed E-state index contributed by atoms with van der Waals surface area (Å²) in [4.78, 5) is 16.1. The van der Waals surface area contributed by atoms with Crippen LogP contribution in [0.4, 0.5) is 15.8 Å². The maximum absolute atomic E-state index is 13.1. The van der Waals surface area contributed by atoms with Crippen molar-refractivity contribution in [2.75, 3.05) is 43.5 Å². The van der Waals surface area contributed by atoms with Crippen molar-refractivity contribution < 1.29 is 18.8 Å². The van der Waals surface area contributed by atoms with Gasteiger partial charge >= 0.3 is 0 Å². The van der Waals surface area contributed by atoms with Gasteiger partial charge in [-0.3, -0.25) is 4.79 Å². The molecule has 0 unspecified atom stereocenters. The van der Waals surface area contributed by atoms with Crippen LogP contribution in [-0.2, 0) is 4.79 Å². The molecule has 0 bridgehead atoms. The van der Waals surface area contributed by atoms with Crippen molar-refractivity contribution in [1.29, 1.82) is 0 Å². The number of nitrogens with one attached hydrogen (secondary N) is 2. The summed E-state index contributed by atoms with van der Waals surface area (Å²) < 4.78 is 18.4. The minimum absolute atomic E-state index is 0.0141. The maximum atomic E-state index is 13.1. The first-order valence-corrected chi connectivity index (χ1v) is 8.87. The van der Waals surface area contributed by atoms with E-state index in [2.05, 4.69) is 10.2 Å². The molecule has 0 radical (unpaired) electrons. The van der Waals surface area contributed by atoms with E-state index in [9.17, 15) is 9.18 Å². The molecule has 0 aromatic heterocycles. The average molecular weight is 358 g/mol. The van der Waals surface area contributed by atoms with Gasteiger partial charge in [0.05, 0.1) is 39.0 Å². The highest BCUT2D eigenvalue weighted by Gasteiger charge is 2.29. The third-order valence-corrected chi connectivity index (χ3v) is 4.97. The Labute approximate surface area is 153 Å². The maximum Gasteiger partial charge on any atom is 0.282 e. The number of carbonyl (C=O) groups is 1. The molecule has 0 saturated carbocycles. The van der Waals surface area contributed by atoms with E-state index in [1.807, 2.05) is 31.2 Å². The number of ether oxygens (including phenoxy) is 1. The lowest BCUT2D eigenvalue weighted by Crippen LogP contribution is -3.19. The van der Waals surface area contributed by atoms with Crippen LogP contribution in [0.1, 0.15) is 6.92 Å². The van der Waals surface area contributed by atoms with E-state index in [4.69, 9.17) is 4.74 Å². The van der Waals surface area contributed by atoms with Crippen LogP contribution in [0.15, 0.2) is 48.5 Å². The number of rotatable bonds is 5. The van der Waals surface area contributed by atoms with E-state index in [1.54, 1.807) is 19.2 Å². The quantitative estimate of drug-likeness (QED) is 0.853. The van der Waals surface area contributed by atoms with E-state index in [1.165, 1.54) is 17.0 Å². The van der Waals surface area contributed by atoms with Gasteiger partial charge < -0.3 is 19.9 Å². The van der Waals surface area contributed by atoms with E-state index in [-0.39, 0.29) is 17.8 Å². The highest BCUT2D eigenvalue weighted by atomic mass is 19.1. The van der Waals surface area contributed by atoms with Crippen LogP contribution in [0.5, 0.6) is 5.75 Å². The zero-order chi connectivity index (χ0) is 18.5.